The summed E-state index contributed by atoms with van der Waals surface area (Å²) < 4.78 is 6.62. The predicted octanol–water partition coefficient (Wildman–Crippen LogP) is 3.40. The minimum absolute atomic E-state index is 0.538. The van der Waals surface area contributed by atoms with E-state index in [4.69, 9.17) is 10.5 Å². The Balaban J connectivity index is 2.16. The number of hydrogen-bond donors (Lipinski definition) is 1. The van der Waals surface area contributed by atoms with Crippen molar-refractivity contribution >= 4 is 15.9 Å². The summed E-state index contributed by atoms with van der Waals surface area (Å²) in [5.74, 6) is 1.35. The molecule has 2 rings (SSSR count). The van der Waals surface area contributed by atoms with Gasteiger partial charge in [-0.15, -0.1) is 0 Å². The van der Waals surface area contributed by atoms with Crippen molar-refractivity contribution in [3.05, 3.63) is 52.1 Å². The first-order chi connectivity index (χ1) is 8.19. The lowest BCUT2D eigenvalue weighted by atomic mass is 10.2. The smallest absolute Gasteiger partial charge is 0.219 e. The zero-order valence-corrected chi connectivity index (χ0v) is 11.1. The van der Waals surface area contributed by atoms with E-state index in [1.54, 1.807) is 0 Å². The van der Waals surface area contributed by atoms with E-state index in [0.29, 0.717) is 12.4 Å². The summed E-state index contributed by atoms with van der Waals surface area (Å²) >= 11 is 3.40. The van der Waals surface area contributed by atoms with Crippen molar-refractivity contribution in [2.75, 3.05) is 0 Å². The minimum atomic E-state index is 0.538. The molecular formula is C13H13BrN2O. The third-order valence-electron chi connectivity index (χ3n) is 2.38. The van der Waals surface area contributed by atoms with Gasteiger partial charge in [0.2, 0.25) is 5.88 Å². The second-order valence-electron chi connectivity index (χ2n) is 3.67. The molecule has 2 aromatic rings. The summed E-state index contributed by atoms with van der Waals surface area (Å²) in [6.07, 6.45) is 0. The molecule has 0 saturated heterocycles. The van der Waals surface area contributed by atoms with Gasteiger partial charge >= 0.3 is 0 Å². The molecule has 0 radical (unpaired) electrons. The molecule has 0 atom stereocenters. The molecule has 0 fully saturated rings. The molecular weight excluding hydrogens is 280 g/mol. The molecule has 1 heterocycles. The molecule has 0 aliphatic heterocycles. The summed E-state index contributed by atoms with van der Waals surface area (Å²) in [7, 11) is 0. The third-order valence-corrected chi connectivity index (χ3v) is 3.22. The van der Waals surface area contributed by atoms with E-state index >= 15 is 0 Å². The molecule has 0 amide bonds. The molecule has 4 heteroatoms. The van der Waals surface area contributed by atoms with Crippen molar-refractivity contribution in [1.29, 1.82) is 0 Å². The Kier molecular flexibility index (Phi) is 3.76. The largest absolute Gasteiger partial charge is 0.439 e. The number of hydrogen-bond acceptors (Lipinski definition) is 3. The number of nitrogens with two attached hydrogens (primary N) is 1. The van der Waals surface area contributed by atoms with Crippen LogP contribution in [0.1, 0.15) is 11.3 Å². The lowest BCUT2D eigenvalue weighted by Crippen LogP contribution is -1.96. The van der Waals surface area contributed by atoms with E-state index in [2.05, 4.69) is 20.9 Å². The Morgan fingerprint density at radius 1 is 1.18 bits per heavy atom. The zero-order chi connectivity index (χ0) is 12.3. The first-order valence-corrected chi connectivity index (χ1v) is 6.08. The van der Waals surface area contributed by atoms with Gasteiger partial charge in [-0.2, -0.15) is 0 Å². The zero-order valence-electron chi connectivity index (χ0n) is 9.48. The molecule has 1 aromatic carbocycles. The van der Waals surface area contributed by atoms with E-state index in [0.717, 1.165) is 21.5 Å². The molecule has 88 valence electrons. The van der Waals surface area contributed by atoms with Crippen LogP contribution < -0.4 is 10.5 Å². The average Bonchev–Trinajstić information content (AvgIpc) is 2.35. The van der Waals surface area contributed by atoms with E-state index in [1.165, 1.54) is 0 Å². The second-order valence-corrected chi connectivity index (χ2v) is 4.52. The normalized spacial score (nSPS) is 10.3. The molecule has 3 nitrogen and oxygen atoms in total. The number of ether oxygens (including phenoxy) is 1. The van der Waals surface area contributed by atoms with Crippen LogP contribution in [-0.4, -0.2) is 4.98 Å². The van der Waals surface area contributed by atoms with Gasteiger partial charge in [0, 0.05) is 17.1 Å². The first kappa shape index (κ1) is 12.1. The monoisotopic (exact) mass is 292 g/mol. The third kappa shape index (κ3) is 3.05. The fourth-order valence-corrected chi connectivity index (χ4v) is 1.61. The van der Waals surface area contributed by atoms with Crippen LogP contribution in [0.4, 0.5) is 0 Å². The van der Waals surface area contributed by atoms with Gasteiger partial charge in [-0.1, -0.05) is 12.1 Å². The van der Waals surface area contributed by atoms with Crippen LogP contribution in [0.2, 0.25) is 0 Å². The molecule has 1 aromatic heterocycles. The van der Waals surface area contributed by atoms with Crippen molar-refractivity contribution in [1.82, 2.24) is 4.98 Å². The van der Waals surface area contributed by atoms with Crippen LogP contribution in [0, 0.1) is 6.92 Å². The first-order valence-electron chi connectivity index (χ1n) is 5.29. The number of aryl methyl sites for hydroxylation is 1. The van der Waals surface area contributed by atoms with Crippen LogP contribution >= 0.6 is 15.9 Å². The van der Waals surface area contributed by atoms with Crippen LogP contribution in [0.5, 0.6) is 11.6 Å². The van der Waals surface area contributed by atoms with E-state index in [-0.39, 0.29) is 0 Å². The van der Waals surface area contributed by atoms with Crippen molar-refractivity contribution in [3.8, 4) is 11.6 Å². The summed E-state index contributed by atoms with van der Waals surface area (Å²) in [5.41, 5.74) is 7.52. The lowest BCUT2D eigenvalue weighted by Gasteiger charge is -2.06. The van der Waals surface area contributed by atoms with Crippen molar-refractivity contribution in [3.63, 3.8) is 0 Å². The molecule has 0 aliphatic carbocycles. The molecule has 0 saturated carbocycles. The number of pyridine rings is 1. The van der Waals surface area contributed by atoms with Crippen LogP contribution in [0.15, 0.2) is 40.9 Å². The minimum Gasteiger partial charge on any atom is -0.439 e. The molecule has 0 bridgehead atoms. The highest BCUT2D eigenvalue weighted by Gasteiger charge is 2.01. The summed E-state index contributed by atoms with van der Waals surface area (Å²) in [4.78, 5) is 4.32. The highest BCUT2D eigenvalue weighted by atomic mass is 79.9. The van der Waals surface area contributed by atoms with Gasteiger partial charge in [0.1, 0.15) is 5.75 Å². The Morgan fingerprint density at radius 3 is 2.47 bits per heavy atom. The predicted molar refractivity (Wildman–Crippen MR) is 71.1 cm³/mol. The van der Waals surface area contributed by atoms with Crippen LogP contribution in [0.25, 0.3) is 0 Å². The number of rotatable bonds is 3. The van der Waals surface area contributed by atoms with E-state index in [9.17, 15) is 0 Å². The van der Waals surface area contributed by atoms with Gasteiger partial charge in [-0.3, -0.25) is 0 Å². The van der Waals surface area contributed by atoms with Crippen molar-refractivity contribution < 1.29 is 4.74 Å². The molecule has 0 unspecified atom stereocenters. The van der Waals surface area contributed by atoms with Gasteiger partial charge < -0.3 is 10.5 Å². The van der Waals surface area contributed by atoms with Crippen molar-refractivity contribution in [2.45, 2.75) is 13.5 Å². The van der Waals surface area contributed by atoms with Gasteiger partial charge in [0.15, 0.2) is 0 Å². The van der Waals surface area contributed by atoms with Gasteiger partial charge in [0.05, 0.1) is 5.69 Å². The molecule has 2 N–H and O–H groups in total. The topological polar surface area (TPSA) is 48.1 Å². The lowest BCUT2D eigenvalue weighted by molar-refractivity contribution is 0.461. The molecule has 17 heavy (non-hydrogen) atoms. The summed E-state index contributed by atoms with van der Waals surface area (Å²) in [6, 6.07) is 11.4. The SMILES string of the molecule is Cc1nc(Oc2ccc(CN)cc2)ccc1Br. The molecule has 0 aliphatic rings. The fraction of sp³-hybridized carbons (Fsp3) is 0.154. The summed E-state index contributed by atoms with van der Waals surface area (Å²) in [6.45, 7) is 2.46. The fourth-order valence-electron chi connectivity index (χ4n) is 1.39. The second kappa shape index (κ2) is 5.29. The van der Waals surface area contributed by atoms with Gasteiger partial charge in [-0.05, 0) is 46.6 Å². The number of aromatic nitrogens is 1. The number of nitrogens with zero attached hydrogens (tertiary/aromatic N) is 1. The van der Waals surface area contributed by atoms with Gasteiger partial charge in [0.25, 0.3) is 0 Å². The maximum Gasteiger partial charge on any atom is 0.219 e. The van der Waals surface area contributed by atoms with Gasteiger partial charge in [-0.25, -0.2) is 4.98 Å². The van der Waals surface area contributed by atoms with E-state index in [1.807, 2.05) is 43.3 Å². The Labute approximate surface area is 109 Å². The van der Waals surface area contributed by atoms with E-state index < -0.39 is 0 Å². The summed E-state index contributed by atoms with van der Waals surface area (Å²) in [5, 5.41) is 0. The highest BCUT2D eigenvalue weighted by Crippen LogP contribution is 2.23. The highest BCUT2D eigenvalue weighted by molar-refractivity contribution is 9.10. The average molecular weight is 293 g/mol. The molecule has 0 spiro atoms. The van der Waals surface area contributed by atoms with Crippen LogP contribution in [0.3, 0.4) is 0 Å². The maximum absolute atomic E-state index is 5.64. The maximum atomic E-state index is 5.64. The van der Waals surface area contributed by atoms with Crippen LogP contribution in [-0.2, 0) is 6.54 Å². The Bertz CT molecular complexity index is 511. The Morgan fingerprint density at radius 2 is 1.88 bits per heavy atom. The number of benzene rings is 1. The quantitative estimate of drug-likeness (QED) is 0.943. The number of halogens is 1. The Hall–Kier alpha value is -1.39. The standard InChI is InChI=1S/C13H13BrN2O/c1-9-12(14)6-7-13(16-9)17-11-4-2-10(8-15)3-5-11/h2-7H,8,15H2,1H3. The van der Waals surface area contributed by atoms with Crippen molar-refractivity contribution in [2.24, 2.45) is 5.73 Å².